The quantitative estimate of drug-likeness (QED) is 0.00756. The second-order valence-electron chi connectivity index (χ2n) is 18.5. The van der Waals surface area contributed by atoms with Crippen molar-refractivity contribution in [2.75, 3.05) is 52.9 Å². The fraction of sp³-hybridized carbons (Fsp3) is 0.246. The van der Waals surface area contributed by atoms with Crippen LogP contribution in [0.1, 0.15) is 72.1 Å². The van der Waals surface area contributed by atoms with Crippen LogP contribution in [0.3, 0.4) is 0 Å². The highest BCUT2D eigenvalue weighted by atomic mass is 16.6. The van der Waals surface area contributed by atoms with Gasteiger partial charge >= 0.3 is 29.8 Å². The fourth-order valence-corrected chi connectivity index (χ4v) is 8.66. The Morgan fingerprint density at radius 2 is 0.815 bits per heavy atom. The molecule has 0 saturated heterocycles. The normalized spacial score (nSPS) is 11.0. The molecular weight excluding hydrogens is 1030 g/mol. The van der Waals surface area contributed by atoms with Gasteiger partial charge in [0.1, 0.15) is 42.0 Å². The van der Waals surface area contributed by atoms with E-state index in [0.717, 1.165) is 91.5 Å². The molecule has 16 heteroatoms. The third-order valence-corrected chi connectivity index (χ3v) is 12.8. The number of hydrogen-bond acceptors (Lipinski definition) is 16. The van der Waals surface area contributed by atoms with Gasteiger partial charge in [0.05, 0.1) is 72.8 Å². The fourth-order valence-electron chi connectivity index (χ4n) is 8.66. The van der Waals surface area contributed by atoms with Crippen LogP contribution in [-0.2, 0) is 33.3 Å². The minimum atomic E-state index is -0.577. The zero-order chi connectivity index (χ0) is 56.8. The van der Waals surface area contributed by atoms with Crippen LogP contribution >= 0.6 is 0 Å². The second-order valence-corrected chi connectivity index (χ2v) is 18.5. The average Bonchev–Trinajstić information content (AvgIpc) is 3.56. The Morgan fingerprint density at radius 1 is 0.370 bits per heavy atom. The number of aromatic nitrogens is 2. The predicted molar refractivity (Wildman–Crippen MR) is 308 cm³/mol. The lowest BCUT2D eigenvalue weighted by atomic mass is 9.96. The van der Waals surface area contributed by atoms with Gasteiger partial charge in [0.15, 0.2) is 0 Å². The highest BCUT2D eigenvalue weighted by molar-refractivity contribution is 6.25. The Labute approximate surface area is 468 Å². The molecule has 0 fully saturated rings. The van der Waals surface area contributed by atoms with Gasteiger partial charge in [-0.15, -0.1) is 0 Å². The van der Waals surface area contributed by atoms with E-state index in [1.807, 2.05) is 54.6 Å². The molecule has 1 aromatic heterocycles. The van der Waals surface area contributed by atoms with Crippen molar-refractivity contribution in [3.05, 3.63) is 176 Å². The standard InChI is InChI=1S/C65H62N2O14/c1-4-59(68)77-34-13-9-7-11-32-74-48-21-25-50(26-22-48)80-64(71)46-18-29-53-54-30-19-47(65(72)81-51-27-23-49(24-28-51)75-33-12-8-10-14-35-78-60(69)5-2)42-56(54)63-62(55(53)41-46)66-57-31-20-45(43-58(57)67-63)44-16-15-17-52(40-44)76-38-36-73-37-39-79-61(70)6-3/h4-6,15-31,40-43H,1-3,7-14,32-39H2. The number of esters is 5. The first-order chi connectivity index (χ1) is 39.6. The SMILES string of the molecule is C=CC(=O)OCCCCCCOc1ccc(OC(=O)c2ccc3c4ccc(C(=O)Oc5ccc(OCCCCCCOC(=O)C=C)cc5)cc4c4nc5cc(-c6cccc(OCCOCCOC(=O)C=C)c6)ccc5nc4c3c2)cc1. The van der Waals surface area contributed by atoms with Crippen molar-refractivity contribution in [2.24, 2.45) is 0 Å². The third-order valence-electron chi connectivity index (χ3n) is 12.8. The molecular formula is C65H62N2O14. The Bertz CT molecular complexity index is 3540. The molecule has 16 nitrogen and oxygen atoms in total. The van der Waals surface area contributed by atoms with E-state index in [9.17, 15) is 24.0 Å². The Hall–Kier alpha value is -9.41. The summed E-state index contributed by atoms with van der Waals surface area (Å²) in [4.78, 5) is 71.9. The number of carbonyl (C=O) groups is 5. The van der Waals surface area contributed by atoms with Gasteiger partial charge in [-0.1, -0.05) is 50.1 Å². The lowest BCUT2D eigenvalue weighted by Crippen LogP contribution is -2.12. The molecule has 7 aromatic carbocycles. The summed E-state index contributed by atoms with van der Waals surface area (Å²) in [6.07, 6.45) is 10.2. The molecule has 0 atom stereocenters. The van der Waals surface area contributed by atoms with Crippen LogP contribution in [0.15, 0.2) is 165 Å². The molecule has 8 aromatic rings. The Morgan fingerprint density at radius 3 is 1.33 bits per heavy atom. The van der Waals surface area contributed by atoms with Crippen LogP contribution in [0.4, 0.5) is 0 Å². The summed E-state index contributed by atoms with van der Waals surface area (Å²) < 4.78 is 50.0. The predicted octanol–water partition coefficient (Wildman–Crippen LogP) is 12.7. The van der Waals surface area contributed by atoms with Crippen molar-refractivity contribution >= 4 is 73.5 Å². The minimum absolute atomic E-state index is 0.115. The molecule has 0 radical (unpaired) electrons. The van der Waals surface area contributed by atoms with Crippen LogP contribution in [0.25, 0.3) is 54.7 Å². The maximum atomic E-state index is 13.9. The number of unbranched alkanes of at least 4 members (excludes halogenated alkanes) is 6. The molecule has 0 N–H and O–H groups in total. The van der Waals surface area contributed by atoms with E-state index >= 15 is 0 Å². The van der Waals surface area contributed by atoms with Gasteiger partial charge in [0, 0.05) is 29.0 Å². The molecule has 0 unspecified atom stereocenters. The summed E-state index contributed by atoms with van der Waals surface area (Å²) in [5.74, 6) is 0.0841. The van der Waals surface area contributed by atoms with Gasteiger partial charge in [-0.25, -0.2) is 33.9 Å². The number of ether oxygens (including phenoxy) is 9. The summed E-state index contributed by atoms with van der Waals surface area (Å²) in [7, 11) is 0. The summed E-state index contributed by atoms with van der Waals surface area (Å²) >= 11 is 0. The van der Waals surface area contributed by atoms with E-state index in [1.165, 1.54) is 0 Å². The van der Waals surface area contributed by atoms with E-state index in [0.29, 0.717) is 93.6 Å². The van der Waals surface area contributed by atoms with E-state index in [-0.39, 0.29) is 32.0 Å². The maximum Gasteiger partial charge on any atom is 0.343 e. The first-order valence-electron chi connectivity index (χ1n) is 26.8. The molecule has 0 aliphatic heterocycles. The summed E-state index contributed by atoms with van der Waals surface area (Å²) in [5.41, 5.74) is 4.51. The average molecular weight is 1100 g/mol. The molecule has 0 bridgehead atoms. The van der Waals surface area contributed by atoms with Gasteiger partial charge in [0.25, 0.3) is 0 Å². The number of hydrogen-bond donors (Lipinski definition) is 0. The summed E-state index contributed by atoms with van der Waals surface area (Å²) in [6.45, 7) is 12.8. The number of carbonyl (C=O) groups excluding carboxylic acids is 5. The molecule has 0 amide bonds. The van der Waals surface area contributed by atoms with Crippen LogP contribution in [0.2, 0.25) is 0 Å². The van der Waals surface area contributed by atoms with E-state index in [4.69, 9.17) is 52.6 Å². The molecule has 0 aliphatic rings. The van der Waals surface area contributed by atoms with Crippen molar-refractivity contribution in [1.29, 1.82) is 0 Å². The smallest absolute Gasteiger partial charge is 0.343 e. The minimum Gasteiger partial charge on any atom is -0.494 e. The first-order valence-corrected chi connectivity index (χ1v) is 26.8. The van der Waals surface area contributed by atoms with Crippen molar-refractivity contribution in [3.63, 3.8) is 0 Å². The monoisotopic (exact) mass is 1090 g/mol. The molecule has 1 heterocycles. The molecule has 81 heavy (non-hydrogen) atoms. The first kappa shape index (κ1) is 57.8. The molecule has 0 aliphatic carbocycles. The van der Waals surface area contributed by atoms with E-state index in [1.54, 1.807) is 72.8 Å². The number of rotatable bonds is 31. The van der Waals surface area contributed by atoms with E-state index < -0.39 is 29.8 Å². The third kappa shape index (κ3) is 16.6. The van der Waals surface area contributed by atoms with Gasteiger partial charge in [-0.3, -0.25) is 0 Å². The van der Waals surface area contributed by atoms with Crippen LogP contribution in [0.5, 0.6) is 28.7 Å². The highest BCUT2D eigenvalue weighted by Gasteiger charge is 2.19. The van der Waals surface area contributed by atoms with Crippen molar-refractivity contribution in [3.8, 4) is 39.9 Å². The maximum absolute atomic E-state index is 13.9. The highest BCUT2D eigenvalue weighted by Crippen LogP contribution is 2.37. The summed E-state index contributed by atoms with van der Waals surface area (Å²) in [6, 6.07) is 37.8. The van der Waals surface area contributed by atoms with Crippen molar-refractivity contribution in [1.82, 2.24) is 9.97 Å². The topological polar surface area (TPSA) is 194 Å². The molecule has 8 rings (SSSR count). The molecule has 0 spiro atoms. The molecule has 0 saturated carbocycles. The van der Waals surface area contributed by atoms with Crippen molar-refractivity contribution < 1.29 is 66.6 Å². The lowest BCUT2D eigenvalue weighted by Gasteiger charge is -2.14. The van der Waals surface area contributed by atoms with Crippen LogP contribution in [-0.4, -0.2) is 92.7 Å². The Balaban J connectivity index is 1.00. The van der Waals surface area contributed by atoms with Gasteiger partial charge < -0.3 is 42.6 Å². The largest absolute Gasteiger partial charge is 0.494 e. The van der Waals surface area contributed by atoms with Gasteiger partial charge in [0.2, 0.25) is 0 Å². The van der Waals surface area contributed by atoms with Gasteiger partial charge in [-0.2, -0.15) is 0 Å². The van der Waals surface area contributed by atoms with Crippen LogP contribution in [0, 0.1) is 0 Å². The summed E-state index contributed by atoms with van der Waals surface area (Å²) in [5, 5.41) is 2.85. The number of fused-ring (bicyclic) bond motifs is 7. The zero-order valence-electron chi connectivity index (χ0n) is 44.9. The lowest BCUT2D eigenvalue weighted by molar-refractivity contribution is -0.139. The Kier molecular flexibility index (Phi) is 21.1. The second kappa shape index (κ2) is 29.5. The molecule has 416 valence electrons. The van der Waals surface area contributed by atoms with Crippen LogP contribution < -0.4 is 23.7 Å². The number of benzene rings is 7. The zero-order valence-corrected chi connectivity index (χ0v) is 44.9. The van der Waals surface area contributed by atoms with Crippen molar-refractivity contribution in [2.45, 2.75) is 51.4 Å². The van der Waals surface area contributed by atoms with Gasteiger partial charge in [-0.05, 0) is 170 Å². The van der Waals surface area contributed by atoms with E-state index in [2.05, 4.69) is 19.7 Å². The number of nitrogens with zero attached hydrogens (tertiary/aromatic N) is 2.